The van der Waals surface area contributed by atoms with Crippen molar-refractivity contribution < 1.29 is 14.7 Å². The van der Waals surface area contributed by atoms with Crippen molar-refractivity contribution >= 4 is 17.7 Å². The number of pyridine rings is 1. The number of carbonyl (C=O) groups excluding carboxylic acids is 1. The van der Waals surface area contributed by atoms with Crippen molar-refractivity contribution in [3.8, 4) is 0 Å². The van der Waals surface area contributed by atoms with Crippen LogP contribution in [-0.4, -0.2) is 59.1 Å². The summed E-state index contributed by atoms with van der Waals surface area (Å²) in [5, 5.41) is 9.03. The van der Waals surface area contributed by atoms with E-state index in [1.165, 1.54) is 0 Å². The number of aliphatic carboxylic acids is 1. The van der Waals surface area contributed by atoms with E-state index in [-0.39, 0.29) is 0 Å². The largest absolute Gasteiger partial charge is 0.480 e. The summed E-state index contributed by atoms with van der Waals surface area (Å²) in [5.74, 6) is -0.570. The molecule has 1 saturated heterocycles. The summed E-state index contributed by atoms with van der Waals surface area (Å²) < 4.78 is 0. The Hall–Kier alpha value is -2.15. The zero-order chi connectivity index (χ0) is 15.6. The molecule has 1 fully saturated rings. The first-order valence-corrected chi connectivity index (χ1v) is 6.89. The number of aryl methyl sites for hydroxylation is 1. The van der Waals surface area contributed by atoms with Gasteiger partial charge in [-0.1, -0.05) is 0 Å². The summed E-state index contributed by atoms with van der Waals surface area (Å²) in [6.07, 6.45) is 0. The number of amides is 1. The third kappa shape index (κ3) is 3.49. The van der Waals surface area contributed by atoms with Gasteiger partial charge in [-0.15, -0.1) is 0 Å². The molecule has 0 radical (unpaired) electrons. The van der Waals surface area contributed by atoms with Crippen molar-refractivity contribution in [1.82, 2.24) is 9.88 Å². The van der Waals surface area contributed by atoms with Crippen LogP contribution >= 0.6 is 0 Å². The number of rotatable bonds is 4. The van der Waals surface area contributed by atoms with Gasteiger partial charge < -0.3 is 15.7 Å². The summed E-state index contributed by atoms with van der Waals surface area (Å²) in [5.41, 5.74) is 6.50. The average Bonchev–Trinajstić information content (AvgIpc) is 2.45. The number of carboxylic acids is 1. The molecular weight excluding hydrogens is 272 g/mol. The maximum Gasteiger partial charge on any atom is 0.320 e. The SMILES string of the molecule is Cc1cc(C(N)=O)cc(N2CCN(C(C)C(=O)O)CC2)n1. The molecule has 7 nitrogen and oxygen atoms in total. The van der Waals surface area contributed by atoms with Gasteiger partial charge in [0.1, 0.15) is 11.9 Å². The minimum Gasteiger partial charge on any atom is -0.480 e. The molecule has 2 heterocycles. The summed E-state index contributed by atoms with van der Waals surface area (Å²) in [6.45, 7) is 6.15. The number of primary amides is 1. The minimum absolute atomic E-state index is 0.443. The monoisotopic (exact) mass is 292 g/mol. The van der Waals surface area contributed by atoms with Crippen molar-refractivity contribution in [3.63, 3.8) is 0 Å². The predicted octanol–water partition coefficient (Wildman–Crippen LogP) is 0.0840. The van der Waals surface area contributed by atoms with E-state index in [2.05, 4.69) is 4.98 Å². The second-order valence-corrected chi connectivity index (χ2v) is 5.26. The summed E-state index contributed by atoms with van der Waals surface area (Å²) in [6, 6.07) is 2.86. The zero-order valence-corrected chi connectivity index (χ0v) is 12.2. The Bertz CT molecular complexity index is 553. The van der Waals surface area contributed by atoms with Gasteiger partial charge >= 0.3 is 5.97 Å². The fourth-order valence-electron chi connectivity index (χ4n) is 2.45. The lowest BCUT2D eigenvalue weighted by Gasteiger charge is -2.37. The Morgan fingerprint density at radius 2 is 1.90 bits per heavy atom. The average molecular weight is 292 g/mol. The van der Waals surface area contributed by atoms with Crippen LogP contribution in [-0.2, 0) is 4.79 Å². The van der Waals surface area contributed by atoms with Crippen LogP contribution in [0.1, 0.15) is 23.0 Å². The number of piperazine rings is 1. The van der Waals surface area contributed by atoms with E-state index >= 15 is 0 Å². The molecule has 114 valence electrons. The molecule has 0 saturated carbocycles. The number of carboxylic acid groups (broad SMARTS) is 1. The maximum absolute atomic E-state index is 11.3. The third-order valence-corrected chi connectivity index (χ3v) is 3.77. The first kappa shape index (κ1) is 15.2. The molecule has 1 aromatic heterocycles. The lowest BCUT2D eigenvalue weighted by Crippen LogP contribution is -2.52. The number of nitrogens with two attached hydrogens (primary N) is 1. The van der Waals surface area contributed by atoms with E-state index < -0.39 is 17.9 Å². The summed E-state index contributed by atoms with van der Waals surface area (Å²) in [4.78, 5) is 30.7. The molecular formula is C14H20N4O3. The van der Waals surface area contributed by atoms with Crippen LogP contribution in [0.2, 0.25) is 0 Å². The van der Waals surface area contributed by atoms with Crippen LogP contribution in [0.4, 0.5) is 5.82 Å². The number of anilines is 1. The Balaban J connectivity index is 2.09. The molecule has 1 amide bonds. The van der Waals surface area contributed by atoms with Gasteiger partial charge in [0, 0.05) is 37.4 Å². The lowest BCUT2D eigenvalue weighted by atomic mass is 10.2. The first-order valence-electron chi connectivity index (χ1n) is 6.89. The highest BCUT2D eigenvalue weighted by molar-refractivity contribution is 5.93. The topological polar surface area (TPSA) is 99.8 Å². The zero-order valence-electron chi connectivity index (χ0n) is 12.2. The molecule has 1 aliphatic heterocycles. The van der Waals surface area contributed by atoms with E-state index in [1.54, 1.807) is 19.1 Å². The highest BCUT2D eigenvalue weighted by Crippen LogP contribution is 2.17. The molecule has 3 N–H and O–H groups in total. The van der Waals surface area contributed by atoms with Gasteiger partial charge in [-0.05, 0) is 26.0 Å². The standard InChI is InChI=1S/C14H20N4O3/c1-9-7-11(13(15)19)8-12(16-9)18-5-3-17(4-6-18)10(2)14(20)21/h7-8,10H,3-6H2,1-2H3,(H2,15,19)(H,20,21). The quantitative estimate of drug-likeness (QED) is 0.815. The Morgan fingerprint density at radius 1 is 1.29 bits per heavy atom. The number of hydrogen-bond acceptors (Lipinski definition) is 5. The Labute approximate surface area is 123 Å². The Kier molecular flexibility index (Phi) is 4.42. The van der Waals surface area contributed by atoms with Crippen molar-refractivity contribution in [2.75, 3.05) is 31.1 Å². The van der Waals surface area contributed by atoms with Crippen LogP contribution in [0.3, 0.4) is 0 Å². The van der Waals surface area contributed by atoms with E-state index in [4.69, 9.17) is 10.8 Å². The smallest absolute Gasteiger partial charge is 0.320 e. The number of hydrogen-bond donors (Lipinski definition) is 2. The van der Waals surface area contributed by atoms with Crippen LogP contribution in [0.25, 0.3) is 0 Å². The third-order valence-electron chi connectivity index (χ3n) is 3.77. The van der Waals surface area contributed by atoms with E-state index in [0.717, 1.165) is 5.69 Å². The normalized spacial score (nSPS) is 17.5. The number of carbonyl (C=O) groups is 2. The van der Waals surface area contributed by atoms with E-state index in [9.17, 15) is 9.59 Å². The fourth-order valence-corrected chi connectivity index (χ4v) is 2.45. The molecule has 2 rings (SSSR count). The summed E-state index contributed by atoms with van der Waals surface area (Å²) in [7, 11) is 0. The van der Waals surface area contributed by atoms with Gasteiger partial charge in [-0.2, -0.15) is 0 Å². The van der Waals surface area contributed by atoms with E-state index in [1.807, 2.05) is 16.7 Å². The molecule has 0 aliphatic carbocycles. The summed E-state index contributed by atoms with van der Waals surface area (Å²) >= 11 is 0. The highest BCUT2D eigenvalue weighted by Gasteiger charge is 2.25. The fraction of sp³-hybridized carbons (Fsp3) is 0.500. The molecule has 21 heavy (non-hydrogen) atoms. The van der Waals surface area contributed by atoms with Gasteiger partial charge in [0.05, 0.1) is 0 Å². The molecule has 1 aromatic rings. The van der Waals surface area contributed by atoms with Crippen LogP contribution in [0.5, 0.6) is 0 Å². The van der Waals surface area contributed by atoms with Crippen molar-refractivity contribution in [2.24, 2.45) is 5.73 Å². The number of nitrogens with zero attached hydrogens (tertiary/aromatic N) is 3. The maximum atomic E-state index is 11.3. The molecule has 0 aromatic carbocycles. The molecule has 7 heteroatoms. The first-order chi connectivity index (χ1) is 9.88. The van der Waals surface area contributed by atoms with Gasteiger partial charge in [0.15, 0.2) is 0 Å². The molecule has 0 spiro atoms. The van der Waals surface area contributed by atoms with E-state index in [0.29, 0.717) is 37.6 Å². The highest BCUT2D eigenvalue weighted by atomic mass is 16.4. The van der Waals surface area contributed by atoms with Gasteiger partial charge in [-0.3, -0.25) is 14.5 Å². The van der Waals surface area contributed by atoms with Crippen LogP contribution in [0.15, 0.2) is 12.1 Å². The second kappa shape index (κ2) is 6.09. The second-order valence-electron chi connectivity index (χ2n) is 5.26. The van der Waals surface area contributed by atoms with Gasteiger partial charge in [0.25, 0.3) is 0 Å². The Morgan fingerprint density at radius 3 is 2.43 bits per heavy atom. The van der Waals surface area contributed by atoms with Crippen molar-refractivity contribution in [3.05, 3.63) is 23.4 Å². The molecule has 1 aliphatic rings. The minimum atomic E-state index is -0.812. The van der Waals surface area contributed by atoms with Gasteiger partial charge in [0.2, 0.25) is 5.91 Å². The van der Waals surface area contributed by atoms with Crippen LogP contribution in [0, 0.1) is 6.92 Å². The predicted molar refractivity (Wildman–Crippen MR) is 78.4 cm³/mol. The number of aromatic nitrogens is 1. The van der Waals surface area contributed by atoms with Gasteiger partial charge in [-0.25, -0.2) is 4.98 Å². The molecule has 1 unspecified atom stereocenters. The lowest BCUT2D eigenvalue weighted by molar-refractivity contribution is -0.142. The van der Waals surface area contributed by atoms with Crippen molar-refractivity contribution in [1.29, 1.82) is 0 Å². The molecule has 1 atom stereocenters. The van der Waals surface area contributed by atoms with Crippen LogP contribution < -0.4 is 10.6 Å². The molecule has 0 bridgehead atoms. The van der Waals surface area contributed by atoms with Crippen molar-refractivity contribution in [2.45, 2.75) is 19.9 Å².